The lowest BCUT2D eigenvalue weighted by atomic mass is 10.1. The number of hydrogen-bond donors (Lipinski definition) is 1. The van der Waals surface area contributed by atoms with Crippen LogP contribution in [0.3, 0.4) is 0 Å². The minimum absolute atomic E-state index is 0.0608. The van der Waals surface area contributed by atoms with Crippen molar-refractivity contribution in [2.45, 2.75) is 33.1 Å². The van der Waals surface area contributed by atoms with Crippen LogP contribution in [0, 0.1) is 18.7 Å². The Morgan fingerprint density at radius 1 is 1.17 bits per heavy atom. The third-order valence-electron chi connectivity index (χ3n) is 5.43. The van der Waals surface area contributed by atoms with Crippen LogP contribution >= 0.6 is 0 Å². The summed E-state index contributed by atoms with van der Waals surface area (Å²) in [5, 5.41) is 7.47. The Kier molecular flexibility index (Phi) is 8.63. The molecule has 2 atom stereocenters. The Bertz CT molecular complexity index is 1110. The van der Waals surface area contributed by atoms with Crippen LogP contribution in [0.5, 0.6) is 5.75 Å². The third kappa shape index (κ3) is 6.27. The lowest BCUT2D eigenvalue weighted by Crippen LogP contribution is -2.45. The van der Waals surface area contributed by atoms with Crippen molar-refractivity contribution >= 4 is 17.6 Å². The molecule has 1 fully saturated rings. The first-order chi connectivity index (χ1) is 16.9. The average molecular weight is 479 g/mol. The number of amidine groups is 1. The summed E-state index contributed by atoms with van der Waals surface area (Å²) in [6.45, 7) is 7.60. The number of fused-ring (bicyclic) bond motifs is 1. The fourth-order valence-corrected chi connectivity index (χ4v) is 3.79. The van der Waals surface area contributed by atoms with Gasteiger partial charge in [0.05, 0.1) is 26.0 Å². The fraction of sp³-hybridized carbons (Fsp3) is 0.296. The number of benzene rings is 2. The van der Waals surface area contributed by atoms with Crippen molar-refractivity contribution in [2.24, 2.45) is 5.16 Å². The van der Waals surface area contributed by atoms with Crippen molar-refractivity contribution in [3.63, 3.8) is 0 Å². The number of rotatable bonds is 3. The van der Waals surface area contributed by atoms with Gasteiger partial charge in [0, 0.05) is 11.9 Å². The highest BCUT2D eigenvalue weighted by atomic mass is 19.1. The van der Waals surface area contributed by atoms with E-state index in [1.807, 2.05) is 32.9 Å². The van der Waals surface area contributed by atoms with E-state index in [4.69, 9.17) is 14.3 Å². The Morgan fingerprint density at radius 3 is 2.51 bits per heavy atom. The van der Waals surface area contributed by atoms with E-state index in [0.717, 1.165) is 47.5 Å². The van der Waals surface area contributed by atoms with Crippen LogP contribution in [0.1, 0.15) is 26.3 Å². The molecule has 5 rings (SSSR count). The molecular formula is C27H31FN4O3. The molecule has 8 heteroatoms. The van der Waals surface area contributed by atoms with Gasteiger partial charge in [-0.3, -0.25) is 0 Å². The second kappa shape index (κ2) is 11.8. The van der Waals surface area contributed by atoms with Gasteiger partial charge in [0.1, 0.15) is 17.7 Å². The lowest BCUT2D eigenvalue weighted by Gasteiger charge is -2.32. The van der Waals surface area contributed by atoms with Gasteiger partial charge in [-0.25, -0.2) is 4.39 Å². The van der Waals surface area contributed by atoms with Crippen LogP contribution in [0.2, 0.25) is 0 Å². The van der Waals surface area contributed by atoms with Gasteiger partial charge >= 0.3 is 0 Å². The number of methoxy groups -OCH3 is 1. The molecule has 0 aliphatic carbocycles. The zero-order valence-corrected chi connectivity index (χ0v) is 20.4. The summed E-state index contributed by atoms with van der Waals surface area (Å²) < 4.78 is 23.5. The number of halogens is 1. The number of nitrogens with zero attached hydrogens (tertiary/aromatic N) is 3. The summed E-state index contributed by atoms with van der Waals surface area (Å²) in [5.41, 5.74) is 3.15. The molecule has 0 unspecified atom stereocenters. The normalized spacial score (nSPS) is 21.1. The summed E-state index contributed by atoms with van der Waals surface area (Å²) >= 11 is 0. The average Bonchev–Trinajstić information content (AvgIpc) is 3.47. The molecule has 35 heavy (non-hydrogen) atoms. The van der Waals surface area contributed by atoms with Gasteiger partial charge in [-0.2, -0.15) is 0 Å². The standard InChI is InChI=1S/C19H24N4O3.C6H5F.C2H2/c1-12-9-22(11-20-12)16-6-5-15(7-17(16)24-4)8-18-19-21-26-14(3)23(19)10-13(2)25-18;7-6-4-2-1-3-5-6;1-2/h5-9,13-14,20H,10-11H2,1-4H3;1-5H;1-2H/b18-8-;;/t13-,14+;;/m1../s1. The van der Waals surface area contributed by atoms with Crippen LogP contribution in [0.25, 0.3) is 6.08 Å². The van der Waals surface area contributed by atoms with Crippen LogP contribution in [0.4, 0.5) is 10.1 Å². The van der Waals surface area contributed by atoms with Crippen molar-refractivity contribution in [1.29, 1.82) is 0 Å². The van der Waals surface area contributed by atoms with Gasteiger partial charge in [-0.1, -0.05) is 29.4 Å². The number of ether oxygens (including phenoxy) is 2. The van der Waals surface area contributed by atoms with E-state index in [9.17, 15) is 4.39 Å². The monoisotopic (exact) mass is 478 g/mol. The maximum absolute atomic E-state index is 11.9. The number of oxime groups is 1. The van der Waals surface area contributed by atoms with E-state index in [0.29, 0.717) is 0 Å². The second-order valence-electron chi connectivity index (χ2n) is 8.05. The van der Waals surface area contributed by atoms with Crippen LogP contribution < -0.4 is 15.0 Å². The van der Waals surface area contributed by atoms with E-state index in [-0.39, 0.29) is 18.1 Å². The number of terminal acetylenes is 1. The molecule has 7 nitrogen and oxygen atoms in total. The highest BCUT2D eigenvalue weighted by Crippen LogP contribution is 2.33. The van der Waals surface area contributed by atoms with E-state index in [2.05, 4.69) is 51.5 Å². The number of anilines is 1. The van der Waals surface area contributed by atoms with E-state index < -0.39 is 0 Å². The van der Waals surface area contributed by atoms with Gasteiger partial charge < -0.3 is 29.4 Å². The van der Waals surface area contributed by atoms with E-state index in [1.165, 1.54) is 12.1 Å². The Labute approximate surface area is 206 Å². The maximum Gasteiger partial charge on any atom is 0.213 e. The molecule has 0 spiro atoms. The number of hydrogen-bond acceptors (Lipinski definition) is 7. The molecule has 3 aliphatic heterocycles. The van der Waals surface area contributed by atoms with Crippen molar-refractivity contribution < 1.29 is 18.7 Å². The molecule has 2 aromatic carbocycles. The first-order valence-electron chi connectivity index (χ1n) is 11.2. The van der Waals surface area contributed by atoms with Crippen LogP contribution in [0.15, 0.2) is 71.3 Å². The molecule has 1 saturated heterocycles. The predicted octanol–water partition coefficient (Wildman–Crippen LogP) is 4.75. The maximum atomic E-state index is 11.9. The van der Waals surface area contributed by atoms with Crippen molar-refractivity contribution in [3.05, 3.63) is 77.6 Å². The Hall–Kier alpha value is -4.12. The van der Waals surface area contributed by atoms with Gasteiger partial charge in [0.25, 0.3) is 0 Å². The second-order valence-corrected chi connectivity index (χ2v) is 8.05. The minimum atomic E-state index is -0.178. The van der Waals surface area contributed by atoms with E-state index in [1.54, 1.807) is 25.3 Å². The first kappa shape index (κ1) is 25.5. The van der Waals surface area contributed by atoms with Crippen molar-refractivity contribution in [2.75, 3.05) is 25.2 Å². The molecule has 0 aromatic heterocycles. The largest absolute Gasteiger partial charge is 0.495 e. The van der Waals surface area contributed by atoms with Crippen LogP contribution in [-0.4, -0.2) is 43.4 Å². The van der Waals surface area contributed by atoms with Gasteiger partial charge in [0.2, 0.25) is 5.84 Å². The Balaban J connectivity index is 0.000000324. The highest BCUT2D eigenvalue weighted by Gasteiger charge is 2.36. The Morgan fingerprint density at radius 2 is 1.91 bits per heavy atom. The summed E-state index contributed by atoms with van der Waals surface area (Å²) in [4.78, 5) is 9.65. The molecule has 3 heterocycles. The van der Waals surface area contributed by atoms with E-state index >= 15 is 0 Å². The molecule has 0 bridgehead atoms. The fourth-order valence-electron chi connectivity index (χ4n) is 3.79. The van der Waals surface area contributed by atoms with Crippen molar-refractivity contribution in [3.8, 4) is 18.6 Å². The topological polar surface area (TPSA) is 58.6 Å². The number of nitrogens with one attached hydrogen (secondary N) is 1. The third-order valence-corrected chi connectivity index (χ3v) is 5.43. The van der Waals surface area contributed by atoms with Gasteiger partial charge in [-0.05, 0) is 56.7 Å². The molecular weight excluding hydrogens is 447 g/mol. The summed E-state index contributed by atoms with van der Waals surface area (Å²) in [6, 6.07) is 14.1. The summed E-state index contributed by atoms with van der Waals surface area (Å²) in [5.74, 6) is 2.11. The summed E-state index contributed by atoms with van der Waals surface area (Å²) in [6.07, 6.45) is 12.1. The first-order valence-corrected chi connectivity index (χ1v) is 11.2. The summed E-state index contributed by atoms with van der Waals surface area (Å²) in [7, 11) is 1.69. The van der Waals surface area contributed by atoms with Gasteiger partial charge in [-0.15, -0.1) is 12.8 Å². The zero-order valence-electron chi connectivity index (χ0n) is 20.4. The smallest absolute Gasteiger partial charge is 0.213 e. The molecule has 0 saturated carbocycles. The highest BCUT2D eigenvalue weighted by molar-refractivity contribution is 6.01. The molecule has 184 valence electrons. The SMILES string of the molecule is C#C.COc1cc(/C=C2\O[C@H](C)CN3C2=NO[C@H]3C)ccc1N1C=C(C)NC1.Fc1ccccc1. The molecule has 2 aromatic rings. The molecule has 1 N–H and O–H groups in total. The molecule has 0 radical (unpaired) electrons. The van der Waals surface area contributed by atoms with Crippen molar-refractivity contribution in [1.82, 2.24) is 10.2 Å². The lowest BCUT2D eigenvalue weighted by molar-refractivity contribution is -0.00143. The van der Waals surface area contributed by atoms with Gasteiger partial charge in [0.15, 0.2) is 12.0 Å². The molecule has 3 aliphatic rings. The predicted molar refractivity (Wildman–Crippen MR) is 137 cm³/mol. The number of morpholine rings is 1. The zero-order chi connectivity index (χ0) is 25.4. The number of allylic oxidation sites excluding steroid dienone is 1. The minimum Gasteiger partial charge on any atom is -0.495 e. The molecule has 0 amide bonds. The quantitative estimate of drug-likeness (QED) is 0.643. The van der Waals surface area contributed by atoms with Crippen LogP contribution in [-0.2, 0) is 9.57 Å².